The molecule has 2 heterocycles. The average Bonchev–Trinajstić information content (AvgIpc) is 3.01. The summed E-state index contributed by atoms with van der Waals surface area (Å²) in [6.07, 6.45) is 0.867. The van der Waals surface area contributed by atoms with Crippen molar-refractivity contribution in [2.45, 2.75) is 52.6 Å². The van der Waals surface area contributed by atoms with Crippen LogP contribution in [0.25, 0.3) is 0 Å². The summed E-state index contributed by atoms with van der Waals surface area (Å²) in [6.45, 7) is 6.70. The second kappa shape index (κ2) is 10.2. The Morgan fingerprint density at radius 3 is 2.46 bits per heavy atom. The Hall–Kier alpha value is -3.14. The van der Waals surface area contributed by atoms with Crippen molar-refractivity contribution < 1.29 is 36.0 Å². The van der Waals surface area contributed by atoms with Gasteiger partial charge in [-0.3, -0.25) is 4.79 Å². The summed E-state index contributed by atoms with van der Waals surface area (Å²) in [5.41, 5.74) is 6.18. The number of hydroxylamine groups is 2. The number of nitrogens with zero attached hydrogens (tertiary/aromatic N) is 2. The molecule has 3 rings (SSSR count). The molecule has 2 saturated heterocycles. The minimum absolute atomic E-state index is 0.103. The van der Waals surface area contributed by atoms with E-state index in [1.165, 1.54) is 4.90 Å². The number of carbonyl (C=O) groups is 3. The smallest absolute Gasteiger partial charge is 0.421 e. The van der Waals surface area contributed by atoms with Crippen LogP contribution in [0.1, 0.15) is 48.2 Å². The van der Waals surface area contributed by atoms with Gasteiger partial charge in [-0.2, -0.15) is 13.5 Å². The first-order chi connectivity index (χ1) is 16.3. The van der Waals surface area contributed by atoms with E-state index in [1.54, 1.807) is 39.8 Å². The Kier molecular flexibility index (Phi) is 7.74. The lowest BCUT2D eigenvalue weighted by atomic mass is 9.96. The second-order valence-corrected chi connectivity index (χ2v) is 10.6. The molecule has 2 aliphatic rings. The minimum atomic E-state index is -4.59. The van der Waals surface area contributed by atoms with Gasteiger partial charge in [0.1, 0.15) is 0 Å². The molecule has 2 atom stereocenters. The molecule has 12 heteroatoms. The highest BCUT2D eigenvalue weighted by molar-refractivity contribution is 7.81. The summed E-state index contributed by atoms with van der Waals surface area (Å²) in [4.78, 5) is 37.4. The molecule has 2 bridgehead atoms. The SMILES string of the molecule is Cc1cccc(C)c1C(=O)OCC(C)(C)COS(=O)(=O)ON1C(=O)N2C[C@H]1CC[C@H]2C#CC(N)=O. The fraction of sp³-hybridized carbons (Fsp3) is 0.522. The molecule has 3 amide bonds. The molecule has 0 radical (unpaired) electrons. The van der Waals surface area contributed by atoms with Crippen LogP contribution in [-0.2, 0) is 28.4 Å². The quantitative estimate of drug-likeness (QED) is 0.411. The fourth-order valence-electron chi connectivity index (χ4n) is 3.90. The highest BCUT2D eigenvalue weighted by atomic mass is 32.3. The average molecular weight is 508 g/mol. The molecular formula is C23H29N3O8S. The van der Waals surface area contributed by atoms with Crippen LogP contribution in [0, 0.1) is 31.1 Å². The molecule has 0 aromatic heterocycles. The van der Waals surface area contributed by atoms with Crippen molar-refractivity contribution >= 4 is 28.3 Å². The summed E-state index contributed by atoms with van der Waals surface area (Å²) in [5, 5.41) is 0.759. The number of hydrogen-bond acceptors (Lipinski definition) is 8. The number of rotatable bonds is 8. The Balaban J connectivity index is 1.56. The Morgan fingerprint density at radius 2 is 1.83 bits per heavy atom. The van der Waals surface area contributed by atoms with Crippen LogP contribution < -0.4 is 5.73 Å². The number of ether oxygens (including phenoxy) is 1. The van der Waals surface area contributed by atoms with Gasteiger partial charge in [-0.05, 0) is 43.7 Å². The van der Waals surface area contributed by atoms with Gasteiger partial charge in [0.05, 0.1) is 30.9 Å². The number of esters is 1. The highest BCUT2D eigenvalue weighted by Gasteiger charge is 2.47. The largest absolute Gasteiger partial charge is 0.461 e. The third kappa shape index (κ3) is 6.50. The number of piperidine rings is 1. The molecule has 2 aliphatic heterocycles. The summed E-state index contributed by atoms with van der Waals surface area (Å²) in [7, 11) is -4.59. The van der Waals surface area contributed by atoms with E-state index in [2.05, 4.69) is 11.8 Å². The lowest BCUT2D eigenvalue weighted by Crippen LogP contribution is -2.39. The van der Waals surface area contributed by atoms with Crippen molar-refractivity contribution in [2.24, 2.45) is 11.1 Å². The van der Waals surface area contributed by atoms with Gasteiger partial charge in [0.25, 0.3) is 5.91 Å². The Bertz CT molecular complexity index is 1160. The van der Waals surface area contributed by atoms with Crippen LogP contribution >= 0.6 is 0 Å². The lowest BCUT2D eigenvalue weighted by Gasteiger charge is -2.26. The number of fused-ring (bicyclic) bond motifs is 2. The van der Waals surface area contributed by atoms with Gasteiger partial charge >= 0.3 is 22.4 Å². The third-order valence-corrected chi connectivity index (χ3v) is 6.48. The topological polar surface area (TPSA) is 146 Å². The maximum absolute atomic E-state index is 12.7. The zero-order valence-electron chi connectivity index (χ0n) is 20.1. The van der Waals surface area contributed by atoms with Crippen molar-refractivity contribution in [3.05, 3.63) is 34.9 Å². The number of aryl methyl sites for hydroxylation is 2. The number of nitrogens with two attached hydrogens (primary N) is 1. The van der Waals surface area contributed by atoms with Gasteiger partial charge in [0, 0.05) is 12.0 Å². The van der Waals surface area contributed by atoms with Gasteiger partial charge in [-0.15, -0.1) is 4.28 Å². The normalized spacial score (nSPS) is 19.8. The molecule has 0 unspecified atom stereocenters. The van der Waals surface area contributed by atoms with Gasteiger partial charge in [-0.1, -0.05) is 38.0 Å². The number of carbonyl (C=O) groups excluding carboxylic acids is 3. The molecule has 1 aromatic carbocycles. The maximum Gasteiger partial charge on any atom is 0.421 e. The van der Waals surface area contributed by atoms with Crippen molar-refractivity contribution in [1.82, 2.24) is 9.96 Å². The van der Waals surface area contributed by atoms with E-state index in [0.717, 1.165) is 16.2 Å². The van der Waals surface area contributed by atoms with Gasteiger partial charge in [-0.25, -0.2) is 13.8 Å². The second-order valence-electron chi connectivity index (χ2n) is 9.39. The molecule has 2 N–H and O–H groups in total. The van der Waals surface area contributed by atoms with E-state index in [9.17, 15) is 22.8 Å². The standard InChI is InChI=1S/C23H29N3O8S/c1-15-6-5-7-16(2)20(15)21(28)32-13-23(3,4)14-33-35(30,31)34-26-18-9-8-17(10-11-19(24)27)25(12-18)22(26)29/h5-7,17-18H,8-9,12-14H2,1-4H3,(H2,24,27)/t17-,18+/m0/s1. The van der Waals surface area contributed by atoms with Crippen LogP contribution in [0.15, 0.2) is 18.2 Å². The van der Waals surface area contributed by atoms with E-state index in [0.29, 0.717) is 18.4 Å². The predicted molar refractivity (Wildman–Crippen MR) is 124 cm³/mol. The van der Waals surface area contributed by atoms with Crippen LogP contribution in [-0.4, -0.2) is 68.1 Å². The van der Waals surface area contributed by atoms with Crippen LogP contribution in [0.2, 0.25) is 0 Å². The fourth-order valence-corrected chi connectivity index (χ4v) is 4.79. The number of benzene rings is 1. The van der Waals surface area contributed by atoms with E-state index in [4.69, 9.17) is 18.9 Å². The minimum Gasteiger partial charge on any atom is -0.461 e. The Morgan fingerprint density at radius 1 is 1.17 bits per heavy atom. The van der Waals surface area contributed by atoms with E-state index < -0.39 is 45.8 Å². The van der Waals surface area contributed by atoms with Crippen molar-refractivity contribution in [2.75, 3.05) is 19.8 Å². The summed E-state index contributed by atoms with van der Waals surface area (Å²) in [6, 6.07) is 3.70. The van der Waals surface area contributed by atoms with E-state index in [1.807, 2.05) is 6.07 Å². The summed E-state index contributed by atoms with van der Waals surface area (Å²) >= 11 is 0. The first-order valence-electron chi connectivity index (χ1n) is 11.0. The van der Waals surface area contributed by atoms with Crippen molar-refractivity contribution in [3.63, 3.8) is 0 Å². The molecule has 190 valence electrons. The number of hydrogen-bond donors (Lipinski definition) is 1. The zero-order chi connectivity index (χ0) is 26.0. The molecule has 11 nitrogen and oxygen atoms in total. The summed E-state index contributed by atoms with van der Waals surface area (Å²) < 4.78 is 40.3. The third-order valence-electron chi connectivity index (χ3n) is 5.73. The first kappa shape index (κ1) is 26.5. The number of primary amides is 1. The monoisotopic (exact) mass is 507 g/mol. The van der Waals surface area contributed by atoms with Crippen molar-refractivity contribution in [1.29, 1.82) is 0 Å². The van der Waals surface area contributed by atoms with Crippen molar-refractivity contribution in [3.8, 4) is 11.8 Å². The molecule has 35 heavy (non-hydrogen) atoms. The zero-order valence-corrected chi connectivity index (χ0v) is 20.9. The van der Waals surface area contributed by atoms with Gasteiger partial charge in [0.15, 0.2) is 0 Å². The lowest BCUT2D eigenvalue weighted by molar-refractivity contribution is -0.112. The number of amides is 3. The molecular weight excluding hydrogens is 478 g/mol. The van der Waals surface area contributed by atoms with Gasteiger partial charge < -0.3 is 15.4 Å². The van der Waals surface area contributed by atoms with Gasteiger partial charge in [0.2, 0.25) is 0 Å². The summed E-state index contributed by atoms with van der Waals surface area (Å²) in [5.74, 6) is 3.51. The van der Waals surface area contributed by atoms with Crippen LogP contribution in [0.3, 0.4) is 0 Å². The molecule has 0 spiro atoms. The molecule has 2 fully saturated rings. The van der Waals surface area contributed by atoms with E-state index >= 15 is 0 Å². The molecule has 0 aliphatic carbocycles. The van der Waals surface area contributed by atoms with Crippen LogP contribution in [0.4, 0.5) is 4.79 Å². The number of urea groups is 1. The molecule has 0 saturated carbocycles. The molecule has 1 aromatic rings. The van der Waals surface area contributed by atoms with E-state index in [-0.39, 0.29) is 19.8 Å². The van der Waals surface area contributed by atoms with Crippen LogP contribution in [0.5, 0.6) is 0 Å². The predicted octanol–water partition coefficient (Wildman–Crippen LogP) is 1.44. The highest BCUT2D eigenvalue weighted by Crippen LogP contribution is 2.31. The first-order valence-corrected chi connectivity index (χ1v) is 12.4. The maximum atomic E-state index is 12.7. The Labute approximate surface area is 204 Å².